The van der Waals surface area contributed by atoms with Gasteiger partial charge in [0.05, 0.1) is 18.7 Å². The van der Waals surface area contributed by atoms with E-state index < -0.39 is 0 Å². The van der Waals surface area contributed by atoms with Crippen molar-refractivity contribution in [2.75, 3.05) is 49.6 Å². The van der Waals surface area contributed by atoms with Gasteiger partial charge in [-0.25, -0.2) is 4.68 Å². The summed E-state index contributed by atoms with van der Waals surface area (Å²) < 4.78 is 6.96. The summed E-state index contributed by atoms with van der Waals surface area (Å²) in [5.74, 6) is 1.80. The quantitative estimate of drug-likeness (QED) is 0.570. The van der Waals surface area contributed by atoms with Crippen molar-refractivity contribution >= 4 is 23.3 Å². The Kier molecular flexibility index (Phi) is 5.87. The van der Waals surface area contributed by atoms with E-state index in [1.54, 1.807) is 16.7 Å². The maximum absolute atomic E-state index is 13.2. The minimum absolute atomic E-state index is 0.0343. The van der Waals surface area contributed by atoms with Gasteiger partial charge >= 0.3 is 0 Å². The van der Waals surface area contributed by atoms with Crippen LogP contribution in [0.15, 0.2) is 48.7 Å². The zero-order valence-electron chi connectivity index (χ0n) is 19.3. The number of aryl methyl sites for hydroxylation is 1. The Morgan fingerprint density at radius 1 is 1.03 bits per heavy atom. The number of nitrogens with zero attached hydrogens (tertiary/aromatic N) is 7. The fraction of sp³-hybridized carbons (Fsp3) is 0.375. The minimum atomic E-state index is -0.332. The molecule has 2 aromatic heterocycles. The highest BCUT2D eigenvalue weighted by atomic mass is 16.5. The summed E-state index contributed by atoms with van der Waals surface area (Å²) in [6.45, 7) is 4.83. The molecule has 0 bridgehead atoms. The van der Waals surface area contributed by atoms with Crippen LogP contribution in [0.1, 0.15) is 12.1 Å². The topological polar surface area (TPSA) is 96.7 Å². The third kappa shape index (κ3) is 4.30. The highest BCUT2D eigenvalue weighted by Gasteiger charge is 2.38. The fourth-order valence-electron chi connectivity index (χ4n) is 4.47. The van der Waals surface area contributed by atoms with E-state index in [0.29, 0.717) is 44.3 Å². The summed E-state index contributed by atoms with van der Waals surface area (Å²) >= 11 is 0. The van der Waals surface area contributed by atoms with E-state index in [9.17, 15) is 9.59 Å². The first-order valence-corrected chi connectivity index (χ1v) is 11.4. The van der Waals surface area contributed by atoms with Gasteiger partial charge in [0, 0.05) is 57.1 Å². The second kappa shape index (κ2) is 9.12. The molecule has 1 atom stereocenters. The summed E-state index contributed by atoms with van der Waals surface area (Å²) in [5.41, 5.74) is 1.68. The second-order valence-corrected chi connectivity index (χ2v) is 8.57. The zero-order valence-corrected chi connectivity index (χ0v) is 19.3. The van der Waals surface area contributed by atoms with Crippen LogP contribution in [-0.4, -0.2) is 76.5 Å². The van der Waals surface area contributed by atoms with Gasteiger partial charge in [-0.1, -0.05) is 6.07 Å². The van der Waals surface area contributed by atoms with E-state index in [1.807, 2.05) is 60.5 Å². The molecule has 5 rings (SSSR count). The lowest BCUT2D eigenvalue weighted by Crippen LogP contribution is -2.51. The Balaban J connectivity index is 1.18. The number of carbonyl (C=O) groups excluding carboxylic acids is 2. The van der Waals surface area contributed by atoms with E-state index in [-0.39, 0.29) is 24.2 Å². The van der Waals surface area contributed by atoms with Crippen LogP contribution in [0.5, 0.6) is 5.75 Å². The van der Waals surface area contributed by atoms with Crippen molar-refractivity contribution in [2.45, 2.75) is 13.3 Å². The number of methoxy groups -OCH3 is 1. The largest absolute Gasteiger partial charge is 0.497 e. The standard InChI is InChI=1S/C24H27N7O3/c1-17-8-9-31(27-17)22-7-6-21(25-26-22)28-10-12-29(13-11-28)24(33)18-14-23(32)30(16-18)19-4-3-5-20(15-19)34-2/h3-9,15,18H,10-14,16H2,1-2H3. The fourth-order valence-corrected chi connectivity index (χ4v) is 4.47. The van der Waals surface area contributed by atoms with Gasteiger partial charge in [0.15, 0.2) is 11.6 Å². The number of anilines is 2. The molecule has 34 heavy (non-hydrogen) atoms. The Labute approximate surface area is 197 Å². The zero-order chi connectivity index (χ0) is 23.7. The molecule has 2 saturated heterocycles. The predicted octanol–water partition coefficient (Wildman–Crippen LogP) is 1.68. The van der Waals surface area contributed by atoms with Crippen LogP contribution in [-0.2, 0) is 9.59 Å². The lowest BCUT2D eigenvalue weighted by atomic mass is 10.1. The maximum Gasteiger partial charge on any atom is 0.228 e. The molecule has 176 valence electrons. The number of rotatable bonds is 5. The van der Waals surface area contributed by atoms with Crippen molar-refractivity contribution in [3.63, 3.8) is 0 Å². The number of benzene rings is 1. The van der Waals surface area contributed by atoms with Crippen molar-refractivity contribution < 1.29 is 14.3 Å². The molecule has 0 spiro atoms. The van der Waals surface area contributed by atoms with Crippen molar-refractivity contribution in [1.82, 2.24) is 24.9 Å². The van der Waals surface area contributed by atoms with Gasteiger partial charge in [0.2, 0.25) is 11.8 Å². The van der Waals surface area contributed by atoms with Gasteiger partial charge in [-0.3, -0.25) is 9.59 Å². The lowest BCUT2D eigenvalue weighted by molar-refractivity contribution is -0.136. The van der Waals surface area contributed by atoms with E-state index in [1.165, 1.54) is 0 Å². The third-order valence-corrected chi connectivity index (χ3v) is 6.35. The van der Waals surface area contributed by atoms with E-state index in [4.69, 9.17) is 4.74 Å². The molecular formula is C24H27N7O3. The highest BCUT2D eigenvalue weighted by molar-refractivity contribution is 6.00. The Hall–Kier alpha value is -3.95. The second-order valence-electron chi connectivity index (χ2n) is 8.57. The number of aromatic nitrogens is 4. The number of hydrogen-bond donors (Lipinski definition) is 0. The molecule has 0 saturated carbocycles. The predicted molar refractivity (Wildman–Crippen MR) is 126 cm³/mol. The Morgan fingerprint density at radius 2 is 1.79 bits per heavy atom. The summed E-state index contributed by atoms with van der Waals surface area (Å²) in [5, 5.41) is 13.0. The van der Waals surface area contributed by atoms with Crippen LogP contribution in [0.2, 0.25) is 0 Å². The molecule has 1 unspecified atom stereocenters. The first kappa shape index (κ1) is 21.9. The van der Waals surface area contributed by atoms with Gasteiger partial charge in [-0.2, -0.15) is 5.10 Å². The summed E-state index contributed by atoms with van der Waals surface area (Å²) in [7, 11) is 1.59. The van der Waals surface area contributed by atoms with Gasteiger partial charge < -0.3 is 19.4 Å². The van der Waals surface area contributed by atoms with Gasteiger partial charge in [-0.15, -0.1) is 10.2 Å². The smallest absolute Gasteiger partial charge is 0.228 e. The molecule has 10 heteroatoms. The number of carbonyl (C=O) groups is 2. The molecule has 2 aliphatic rings. The maximum atomic E-state index is 13.2. The van der Waals surface area contributed by atoms with Gasteiger partial charge in [0.25, 0.3) is 0 Å². The summed E-state index contributed by atoms with van der Waals surface area (Å²) in [6, 6.07) is 13.1. The van der Waals surface area contributed by atoms with Crippen LogP contribution in [0.3, 0.4) is 0 Å². The molecule has 4 heterocycles. The Bertz CT molecular complexity index is 1190. The lowest BCUT2D eigenvalue weighted by Gasteiger charge is -2.36. The molecule has 2 fully saturated rings. The van der Waals surface area contributed by atoms with Crippen LogP contribution >= 0.6 is 0 Å². The minimum Gasteiger partial charge on any atom is -0.497 e. The number of ether oxygens (including phenoxy) is 1. The molecule has 0 radical (unpaired) electrons. The molecule has 2 aliphatic heterocycles. The average molecular weight is 462 g/mol. The summed E-state index contributed by atoms with van der Waals surface area (Å²) in [6.07, 6.45) is 2.09. The Morgan fingerprint density at radius 3 is 2.47 bits per heavy atom. The van der Waals surface area contributed by atoms with Crippen molar-refractivity contribution in [3.05, 3.63) is 54.4 Å². The summed E-state index contributed by atoms with van der Waals surface area (Å²) in [4.78, 5) is 31.4. The van der Waals surface area contributed by atoms with Crippen LogP contribution in [0, 0.1) is 12.8 Å². The van der Waals surface area contributed by atoms with Crippen LogP contribution in [0.25, 0.3) is 5.82 Å². The number of hydrogen-bond acceptors (Lipinski definition) is 7. The first-order valence-electron chi connectivity index (χ1n) is 11.4. The van der Waals surface area contributed by atoms with E-state index in [0.717, 1.165) is 17.2 Å². The average Bonchev–Trinajstić information content (AvgIpc) is 3.49. The molecule has 3 aromatic rings. The molecule has 0 aliphatic carbocycles. The number of piperazine rings is 1. The molecular weight excluding hydrogens is 434 g/mol. The van der Waals surface area contributed by atoms with E-state index in [2.05, 4.69) is 20.2 Å². The molecule has 0 N–H and O–H groups in total. The van der Waals surface area contributed by atoms with E-state index >= 15 is 0 Å². The van der Waals surface area contributed by atoms with Crippen LogP contribution in [0.4, 0.5) is 11.5 Å². The number of amides is 2. The highest BCUT2D eigenvalue weighted by Crippen LogP contribution is 2.29. The van der Waals surface area contributed by atoms with Gasteiger partial charge in [-0.05, 0) is 37.3 Å². The SMILES string of the molecule is COc1cccc(N2CC(C(=O)N3CCN(c4ccc(-n5ccc(C)n5)nn4)CC3)CC2=O)c1. The van der Waals surface area contributed by atoms with Crippen LogP contribution < -0.4 is 14.5 Å². The van der Waals surface area contributed by atoms with Gasteiger partial charge in [0.1, 0.15) is 5.75 Å². The monoisotopic (exact) mass is 461 g/mol. The van der Waals surface area contributed by atoms with Crippen molar-refractivity contribution in [3.8, 4) is 11.6 Å². The van der Waals surface area contributed by atoms with Crippen molar-refractivity contribution in [2.24, 2.45) is 5.92 Å². The van der Waals surface area contributed by atoms with Crippen molar-refractivity contribution in [1.29, 1.82) is 0 Å². The third-order valence-electron chi connectivity index (χ3n) is 6.35. The first-order chi connectivity index (χ1) is 16.5. The molecule has 1 aromatic carbocycles. The molecule has 2 amide bonds. The normalized spacial score (nSPS) is 18.5. The molecule has 10 nitrogen and oxygen atoms in total.